The lowest BCUT2D eigenvalue weighted by molar-refractivity contribution is -0.181. The van der Waals surface area contributed by atoms with Crippen molar-refractivity contribution in [3.05, 3.63) is 24.2 Å². The molecule has 2 saturated heterocycles. The first kappa shape index (κ1) is 21.0. The van der Waals surface area contributed by atoms with E-state index >= 15 is 0 Å². The molecular formula is C19H29F3N4O2. The van der Waals surface area contributed by atoms with E-state index in [1.54, 1.807) is 6.26 Å². The second-order valence-corrected chi connectivity index (χ2v) is 7.39. The number of halogens is 3. The molecule has 0 aromatic carbocycles. The monoisotopic (exact) mass is 402 g/mol. The van der Waals surface area contributed by atoms with Crippen molar-refractivity contribution in [3.8, 4) is 0 Å². The van der Waals surface area contributed by atoms with Gasteiger partial charge in [0, 0.05) is 58.2 Å². The van der Waals surface area contributed by atoms with Crippen LogP contribution in [0.1, 0.15) is 19.1 Å². The first-order valence-corrected chi connectivity index (χ1v) is 9.87. The number of nitrogens with zero attached hydrogens (tertiary/aromatic N) is 3. The van der Waals surface area contributed by atoms with Crippen molar-refractivity contribution in [1.82, 2.24) is 15.1 Å². The summed E-state index contributed by atoms with van der Waals surface area (Å²) >= 11 is 0. The Labute approximate surface area is 163 Å². The number of piperazine rings is 1. The molecule has 2 aliphatic heterocycles. The molecule has 9 heteroatoms. The van der Waals surface area contributed by atoms with Crippen LogP contribution in [-0.2, 0) is 11.2 Å². The van der Waals surface area contributed by atoms with Crippen LogP contribution in [0.4, 0.5) is 13.2 Å². The Balaban J connectivity index is 1.55. The van der Waals surface area contributed by atoms with Crippen molar-refractivity contribution in [2.45, 2.75) is 32.0 Å². The van der Waals surface area contributed by atoms with Crippen molar-refractivity contribution in [1.29, 1.82) is 0 Å². The number of hydrogen-bond donors (Lipinski definition) is 1. The summed E-state index contributed by atoms with van der Waals surface area (Å²) in [6.07, 6.45) is -0.821. The van der Waals surface area contributed by atoms with Crippen molar-refractivity contribution in [2.24, 2.45) is 10.9 Å². The van der Waals surface area contributed by atoms with Gasteiger partial charge in [0.2, 0.25) is 0 Å². The van der Waals surface area contributed by atoms with Crippen LogP contribution in [0.15, 0.2) is 27.8 Å². The van der Waals surface area contributed by atoms with Crippen LogP contribution < -0.4 is 5.32 Å². The molecule has 2 atom stereocenters. The lowest BCUT2D eigenvalue weighted by atomic mass is 10.1. The summed E-state index contributed by atoms with van der Waals surface area (Å²) in [6.45, 7) is 5.83. The van der Waals surface area contributed by atoms with E-state index in [2.05, 4.69) is 10.2 Å². The molecule has 0 aliphatic carbocycles. The quantitative estimate of drug-likeness (QED) is 0.585. The van der Waals surface area contributed by atoms with Gasteiger partial charge < -0.3 is 19.4 Å². The molecule has 28 heavy (non-hydrogen) atoms. The minimum absolute atomic E-state index is 0.367. The zero-order chi connectivity index (χ0) is 20.0. The van der Waals surface area contributed by atoms with Gasteiger partial charge in [-0.3, -0.25) is 9.89 Å². The number of nitrogens with one attached hydrogen (secondary N) is 1. The molecule has 6 nitrogen and oxygen atoms in total. The molecule has 1 aromatic heterocycles. The van der Waals surface area contributed by atoms with Gasteiger partial charge in [-0.25, -0.2) is 0 Å². The van der Waals surface area contributed by atoms with Gasteiger partial charge in [-0.1, -0.05) is 0 Å². The number of hydrogen-bond acceptors (Lipinski definition) is 4. The van der Waals surface area contributed by atoms with Gasteiger partial charge in [-0.15, -0.1) is 0 Å². The van der Waals surface area contributed by atoms with E-state index in [9.17, 15) is 13.2 Å². The zero-order valence-corrected chi connectivity index (χ0v) is 16.2. The number of ether oxygens (including phenoxy) is 1. The number of aliphatic imine (C=N–C) groups is 1. The van der Waals surface area contributed by atoms with Crippen LogP contribution in [0, 0.1) is 5.92 Å². The van der Waals surface area contributed by atoms with Crippen molar-refractivity contribution in [2.75, 3.05) is 52.5 Å². The van der Waals surface area contributed by atoms with Crippen LogP contribution in [-0.4, -0.2) is 80.5 Å². The maximum absolute atomic E-state index is 13.0. The summed E-state index contributed by atoms with van der Waals surface area (Å²) in [5.41, 5.74) is 0. The van der Waals surface area contributed by atoms with Gasteiger partial charge in [0.05, 0.1) is 12.9 Å². The maximum atomic E-state index is 13.0. The molecule has 0 amide bonds. The van der Waals surface area contributed by atoms with Gasteiger partial charge in [-0.2, -0.15) is 13.2 Å². The smallest absolute Gasteiger partial charge is 0.403 e. The maximum Gasteiger partial charge on any atom is 0.403 e. The summed E-state index contributed by atoms with van der Waals surface area (Å²) < 4.78 is 49.7. The number of alkyl halides is 3. The number of furan rings is 1. The van der Waals surface area contributed by atoms with E-state index in [4.69, 9.17) is 14.1 Å². The largest absolute Gasteiger partial charge is 0.469 e. The van der Waals surface area contributed by atoms with Gasteiger partial charge in [-0.05, 0) is 25.5 Å². The summed E-state index contributed by atoms with van der Waals surface area (Å²) in [6, 6.07) is 2.36. The Morgan fingerprint density at radius 2 is 2.11 bits per heavy atom. The Kier molecular flexibility index (Phi) is 7.23. The van der Waals surface area contributed by atoms with Crippen molar-refractivity contribution in [3.63, 3.8) is 0 Å². The van der Waals surface area contributed by atoms with E-state index in [1.807, 2.05) is 12.1 Å². The average molecular weight is 402 g/mol. The van der Waals surface area contributed by atoms with Crippen molar-refractivity contribution >= 4 is 5.96 Å². The van der Waals surface area contributed by atoms with E-state index in [0.29, 0.717) is 45.2 Å². The molecule has 0 spiro atoms. The van der Waals surface area contributed by atoms with Gasteiger partial charge in [0.1, 0.15) is 11.8 Å². The molecule has 2 fully saturated rings. The van der Waals surface area contributed by atoms with Crippen LogP contribution >= 0.6 is 0 Å². The molecule has 2 unspecified atom stereocenters. The highest BCUT2D eigenvalue weighted by Crippen LogP contribution is 2.25. The molecule has 158 valence electrons. The van der Waals surface area contributed by atoms with E-state index in [1.165, 1.54) is 11.8 Å². The number of guanidine groups is 1. The van der Waals surface area contributed by atoms with Gasteiger partial charge in [0.15, 0.2) is 5.96 Å². The highest BCUT2D eigenvalue weighted by atomic mass is 19.4. The molecule has 3 heterocycles. The normalized spacial score (nSPS) is 23.2. The fourth-order valence-electron chi connectivity index (χ4n) is 3.49. The lowest BCUT2D eigenvalue weighted by Crippen LogP contribution is -2.57. The fraction of sp³-hybridized carbons (Fsp3) is 0.737. The van der Waals surface area contributed by atoms with Crippen molar-refractivity contribution < 1.29 is 22.3 Å². The third-order valence-electron chi connectivity index (χ3n) is 5.39. The Bertz CT molecular complexity index is 607. The molecule has 3 rings (SSSR count). The first-order valence-electron chi connectivity index (χ1n) is 9.87. The number of rotatable bonds is 6. The topological polar surface area (TPSA) is 53.2 Å². The van der Waals surface area contributed by atoms with Gasteiger partial charge >= 0.3 is 6.18 Å². The third kappa shape index (κ3) is 5.88. The summed E-state index contributed by atoms with van der Waals surface area (Å²) in [5.74, 6) is 2.06. The van der Waals surface area contributed by atoms with Gasteiger partial charge in [0.25, 0.3) is 0 Å². The van der Waals surface area contributed by atoms with Crippen LogP contribution in [0.3, 0.4) is 0 Å². The average Bonchev–Trinajstić information content (AvgIpc) is 3.37. The molecule has 2 aliphatic rings. The molecular weight excluding hydrogens is 373 g/mol. The highest BCUT2D eigenvalue weighted by molar-refractivity contribution is 5.80. The summed E-state index contributed by atoms with van der Waals surface area (Å²) in [7, 11) is 0. The minimum atomic E-state index is -4.19. The third-order valence-corrected chi connectivity index (χ3v) is 5.39. The second kappa shape index (κ2) is 9.65. The van der Waals surface area contributed by atoms with E-state index in [-0.39, 0.29) is 0 Å². The van der Waals surface area contributed by atoms with Crippen LogP contribution in [0.2, 0.25) is 0 Å². The van der Waals surface area contributed by atoms with E-state index < -0.39 is 12.2 Å². The van der Waals surface area contributed by atoms with Crippen LogP contribution in [0.5, 0.6) is 0 Å². The SMILES string of the molecule is CC(N1CCN(C(=NCC2CCOC2)NCCc2ccco2)CC1)C(F)(F)F. The molecule has 1 N–H and O–H groups in total. The lowest BCUT2D eigenvalue weighted by Gasteiger charge is -2.39. The molecule has 0 bridgehead atoms. The first-order chi connectivity index (χ1) is 13.4. The molecule has 0 saturated carbocycles. The zero-order valence-electron chi connectivity index (χ0n) is 16.2. The summed E-state index contributed by atoms with van der Waals surface area (Å²) in [5, 5.41) is 3.36. The van der Waals surface area contributed by atoms with E-state index in [0.717, 1.165) is 37.8 Å². The standard InChI is InChI=1S/C19H29F3N4O2/c1-15(19(20,21)22)25-7-9-26(10-8-25)18(24-13-16-5-12-27-14-16)23-6-4-17-3-2-11-28-17/h2-3,11,15-16H,4-10,12-14H2,1H3,(H,23,24). The minimum Gasteiger partial charge on any atom is -0.469 e. The highest BCUT2D eigenvalue weighted by Gasteiger charge is 2.41. The van der Waals surface area contributed by atoms with Crippen LogP contribution in [0.25, 0.3) is 0 Å². The molecule has 0 radical (unpaired) electrons. The fourth-order valence-corrected chi connectivity index (χ4v) is 3.49. The second-order valence-electron chi connectivity index (χ2n) is 7.39. The predicted octanol–water partition coefficient (Wildman–Crippen LogP) is 2.37. The Hall–Kier alpha value is -1.74. The Morgan fingerprint density at radius 1 is 1.32 bits per heavy atom. The Morgan fingerprint density at radius 3 is 2.71 bits per heavy atom. The molecule has 1 aromatic rings. The summed E-state index contributed by atoms with van der Waals surface area (Å²) in [4.78, 5) is 8.29. The predicted molar refractivity (Wildman–Crippen MR) is 100 cm³/mol.